The van der Waals surface area contributed by atoms with Gasteiger partial charge in [0, 0.05) is 25.8 Å². The average molecular weight is 390 g/mol. The van der Waals surface area contributed by atoms with E-state index in [2.05, 4.69) is 15.3 Å². The molecule has 2 aromatic rings. The largest absolute Gasteiger partial charge is 0.396 e. The van der Waals surface area contributed by atoms with Crippen LogP contribution < -0.4 is 5.32 Å². The van der Waals surface area contributed by atoms with Crippen LogP contribution in [-0.2, 0) is 19.4 Å². The summed E-state index contributed by atoms with van der Waals surface area (Å²) >= 11 is 0. The molecule has 1 aliphatic rings. The molecule has 8 heteroatoms. The number of nitrogens with zero attached hydrogens (tertiary/aromatic N) is 3. The number of rotatable bonds is 5. The maximum atomic E-state index is 13.4. The lowest BCUT2D eigenvalue weighted by Gasteiger charge is -2.29. The molecule has 2 N–H and O–H groups in total. The van der Waals surface area contributed by atoms with Crippen LogP contribution in [0.1, 0.15) is 42.5 Å². The zero-order chi connectivity index (χ0) is 20.3. The smallest absolute Gasteiger partial charge is 0.318 e. The van der Waals surface area contributed by atoms with Gasteiger partial charge in [-0.3, -0.25) is 0 Å². The molecule has 0 spiro atoms. The van der Waals surface area contributed by atoms with Gasteiger partial charge in [0.2, 0.25) is 0 Å². The highest BCUT2D eigenvalue weighted by atomic mass is 19.2. The van der Waals surface area contributed by atoms with Crippen molar-refractivity contribution >= 4 is 6.03 Å². The SMILES string of the molecule is C[C@@H](CO)Cc1ncc2c(n1)CN(C(=O)N[C@H](C)c1ccc(F)c(F)c1)CC2. The van der Waals surface area contributed by atoms with E-state index in [0.717, 1.165) is 23.4 Å². The normalized spacial score (nSPS) is 15.7. The van der Waals surface area contributed by atoms with Crippen molar-refractivity contribution in [3.8, 4) is 0 Å². The fourth-order valence-corrected chi connectivity index (χ4v) is 3.13. The second-order valence-corrected chi connectivity index (χ2v) is 7.27. The van der Waals surface area contributed by atoms with Gasteiger partial charge in [-0.1, -0.05) is 13.0 Å². The van der Waals surface area contributed by atoms with Gasteiger partial charge in [-0.15, -0.1) is 0 Å². The lowest BCUT2D eigenvalue weighted by atomic mass is 10.1. The number of carbonyl (C=O) groups excluding carboxylic acids is 1. The molecule has 0 saturated carbocycles. The molecule has 0 saturated heterocycles. The summed E-state index contributed by atoms with van der Waals surface area (Å²) in [5.41, 5.74) is 2.31. The fourth-order valence-electron chi connectivity index (χ4n) is 3.13. The molecule has 1 aromatic heterocycles. The Bertz CT molecular complexity index is 862. The van der Waals surface area contributed by atoms with Gasteiger partial charge in [-0.2, -0.15) is 0 Å². The number of hydrogen-bond donors (Lipinski definition) is 2. The van der Waals surface area contributed by atoms with Gasteiger partial charge < -0.3 is 15.3 Å². The van der Waals surface area contributed by atoms with E-state index in [1.165, 1.54) is 6.07 Å². The van der Waals surface area contributed by atoms with Crippen LogP contribution in [0, 0.1) is 17.6 Å². The van der Waals surface area contributed by atoms with Gasteiger partial charge in [-0.05, 0) is 42.5 Å². The molecular formula is C20H24F2N4O2. The number of urea groups is 1. The Balaban J connectivity index is 1.66. The van der Waals surface area contributed by atoms with E-state index in [1.807, 2.05) is 6.92 Å². The lowest BCUT2D eigenvalue weighted by Crippen LogP contribution is -2.44. The maximum absolute atomic E-state index is 13.4. The summed E-state index contributed by atoms with van der Waals surface area (Å²) in [5.74, 6) is -1.14. The summed E-state index contributed by atoms with van der Waals surface area (Å²) in [7, 11) is 0. The summed E-state index contributed by atoms with van der Waals surface area (Å²) < 4.78 is 26.5. The molecule has 2 heterocycles. The van der Waals surface area contributed by atoms with Gasteiger partial charge in [0.05, 0.1) is 18.3 Å². The number of halogens is 2. The van der Waals surface area contributed by atoms with Crippen molar-refractivity contribution in [2.75, 3.05) is 13.2 Å². The minimum atomic E-state index is -0.938. The van der Waals surface area contributed by atoms with E-state index < -0.39 is 17.7 Å². The van der Waals surface area contributed by atoms with Crippen LogP contribution in [0.4, 0.5) is 13.6 Å². The monoisotopic (exact) mass is 390 g/mol. The molecule has 150 valence electrons. The second-order valence-electron chi connectivity index (χ2n) is 7.27. The molecule has 1 aliphatic heterocycles. The molecule has 1 aromatic carbocycles. The summed E-state index contributed by atoms with van der Waals surface area (Å²) in [4.78, 5) is 23.2. The van der Waals surface area contributed by atoms with Gasteiger partial charge in [-0.25, -0.2) is 23.5 Å². The molecule has 0 radical (unpaired) electrons. The van der Waals surface area contributed by atoms with Crippen molar-refractivity contribution in [2.45, 2.75) is 39.3 Å². The van der Waals surface area contributed by atoms with E-state index in [1.54, 1.807) is 18.0 Å². The van der Waals surface area contributed by atoms with E-state index in [4.69, 9.17) is 0 Å². The van der Waals surface area contributed by atoms with Crippen LogP contribution in [0.2, 0.25) is 0 Å². The third-order valence-electron chi connectivity index (χ3n) is 4.91. The van der Waals surface area contributed by atoms with Crippen molar-refractivity contribution in [3.63, 3.8) is 0 Å². The molecule has 0 bridgehead atoms. The number of amides is 2. The number of aliphatic hydroxyl groups excluding tert-OH is 1. The van der Waals surface area contributed by atoms with Gasteiger partial charge in [0.15, 0.2) is 11.6 Å². The quantitative estimate of drug-likeness (QED) is 0.823. The zero-order valence-electron chi connectivity index (χ0n) is 16.0. The number of aliphatic hydroxyl groups is 1. The van der Waals surface area contributed by atoms with Crippen LogP contribution in [0.5, 0.6) is 0 Å². The zero-order valence-corrected chi connectivity index (χ0v) is 16.0. The van der Waals surface area contributed by atoms with Crippen LogP contribution in [-0.4, -0.2) is 39.2 Å². The average Bonchev–Trinajstić information content (AvgIpc) is 2.69. The number of benzene rings is 1. The summed E-state index contributed by atoms with van der Waals surface area (Å²) in [6, 6.07) is 2.85. The standard InChI is InChI=1S/C20H24F2N4O2/c1-12(11-27)7-19-23-9-15-5-6-26(10-18(15)25-19)20(28)24-13(2)14-3-4-16(21)17(22)8-14/h3-4,8-9,12-13,27H,5-7,10-11H2,1-2H3,(H,24,28)/t12-,13-/m1/s1. The number of fused-ring (bicyclic) bond motifs is 1. The van der Waals surface area contributed by atoms with Crippen LogP contribution in [0.15, 0.2) is 24.4 Å². The Morgan fingerprint density at radius 2 is 2.11 bits per heavy atom. The molecule has 0 aliphatic carbocycles. The third-order valence-corrected chi connectivity index (χ3v) is 4.91. The van der Waals surface area contributed by atoms with E-state index >= 15 is 0 Å². The highest BCUT2D eigenvalue weighted by Crippen LogP contribution is 2.20. The highest BCUT2D eigenvalue weighted by Gasteiger charge is 2.24. The Hall–Kier alpha value is -2.61. The number of aromatic nitrogens is 2. The fraction of sp³-hybridized carbons (Fsp3) is 0.450. The Kier molecular flexibility index (Phi) is 6.18. The predicted molar refractivity (Wildman–Crippen MR) is 99.4 cm³/mol. The summed E-state index contributed by atoms with van der Waals surface area (Å²) in [5, 5.41) is 12.0. The van der Waals surface area contributed by atoms with Crippen LogP contribution in [0.3, 0.4) is 0 Å². The number of nitrogens with one attached hydrogen (secondary N) is 1. The molecule has 6 nitrogen and oxygen atoms in total. The minimum absolute atomic E-state index is 0.0663. The summed E-state index contributed by atoms with van der Waals surface area (Å²) in [6.45, 7) is 4.59. The molecule has 0 fully saturated rings. The molecule has 28 heavy (non-hydrogen) atoms. The Morgan fingerprint density at radius 3 is 2.82 bits per heavy atom. The lowest BCUT2D eigenvalue weighted by molar-refractivity contribution is 0.188. The van der Waals surface area contributed by atoms with E-state index in [9.17, 15) is 18.7 Å². The van der Waals surface area contributed by atoms with Crippen molar-refractivity contribution in [3.05, 3.63) is 58.7 Å². The first kappa shape index (κ1) is 20.1. The van der Waals surface area contributed by atoms with Gasteiger partial charge in [0.1, 0.15) is 5.82 Å². The van der Waals surface area contributed by atoms with E-state index in [-0.39, 0.29) is 18.6 Å². The van der Waals surface area contributed by atoms with Crippen molar-refractivity contribution in [1.29, 1.82) is 0 Å². The van der Waals surface area contributed by atoms with Crippen LogP contribution >= 0.6 is 0 Å². The summed E-state index contributed by atoms with van der Waals surface area (Å²) in [6.07, 6.45) is 3.02. The van der Waals surface area contributed by atoms with E-state index in [0.29, 0.717) is 37.3 Å². The topological polar surface area (TPSA) is 78.4 Å². The Morgan fingerprint density at radius 1 is 1.32 bits per heavy atom. The maximum Gasteiger partial charge on any atom is 0.318 e. The van der Waals surface area contributed by atoms with Crippen LogP contribution in [0.25, 0.3) is 0 Å². The molecule has 3 rings (SSSR count). The van der Waals surface area contributed by atoms with Crippen molar-refractivity contribution < 1.29 is 18.7 Å². The molecule has 2 amide bonds. The third kappa shape index (κ3) is 4.62. The highest BCUT2D eigenvalue weighted by molar-refractivity contribution is 5.75. The molecule has 0 unspecified atom stereocenters. The van der Waals surface area contributed by atoms with Crippen molar-refractivity contribution in [2.24, 2.45) is 5.92 Å². The first-order chi connectivity index (χ1) is 13.4. The van der Waals surface area contributed by atoms with Gasteiger partial charge in [0.25, 0.3) is 0 Å². The number of carbonyl (C=O) groups is 1. The Labute approximate surface area is 162 Å². The first-order valence-electron chi connectivity index (χ1n) is 9.32. The number of hydrogen-bond acceptors (Lipinski definition) is 4. The second kappa shape index (κ2) is 8.60. The molecule has 2 atom stereocenters. The first-order valence-corrected chi connectivity index (χ1v) is 9.32. The van der Waals surface area contributed by atoms with Crippen molar-refractivity contribution in [1.82, 2.24) is 20.2 Å². The predicted octanol–water partition coefficient (Wildman–Crippen LogP) is 2.75. The molecular weight excluding hydrogens is 366 g/mol. The van der Waals surface area contributed by atoms with Gasteiger partial charge >= 0.3 is 6.03 Å². The minimum Gasteiger partial charge on any atom is -0.396 e.